The van der Waals surface area contributed by atoms with Crippen molar-refractivity contribution in [3.63, 3.8) is 0 Å². The number of aliphatic hydroxyl groups excluding tert-OH is 1. The van der Waals surface area contributed by atoms with E-state index in [1.54, 1.807) is 13.0 Å². The summed E-state index contributed by atoms with van der Waals surface area (Å²) < 4.78 is 4.74. The van der Waals surface area contributed by atoms with Crippen LogP contribution in [0.15, 0.2) is 48.6 Å². The van der Waals surface area contributed by atoms with Gasteiger partial charge in [-0.05, 0) is 12.5 Å². The van der Waals surface area contributed by atoms with Crippen LogP contribution in [-0.4, -0.2) is 23.8 Å². The topological polar surface area (TPSA) is 46.5 Å². The zero-order valence-electron chi connectivity index (χ0n) is 9.80. The minimum Gasteiger partial charge on any atom is -0.463 e. The molecule has 3 heteroatoms. The van der Waals surface area contributed by atoms with Crippen molar-refractivity contribution in [2.45, 2.75) is 13.0 Å². The molecule has 3 nitrogen and oxygen atoms in total. The largest absolute Gasteiger partial charge is 0.463 e. The van der Waals surface area contributed by atoms with Gasteiger partial charge >= 0.3 is 5.97 Å². The summed E-state index contributed by atoms with van der Waals surface area (Å²) in [7, 11) is 0. The van der Waals surface area contributed by atoms with Crippen molar-refractivity contribution in [3.05, 3.63) is 54.1 Å². The fourth-order valence-electron chi connectivity index (χ4n) is 1.23. The van der Waals surface area contributed by atoms with Crippen LogP contribution < -0.4 is 0 Å². The second kappa shape index (κ2) is 6.66. The summed E-state index contributed by atoms with van der Waals surface area (Å²) in [5.41, 5.74) is 0.988. The van der Waals surface area contributed by atoms with Gasteiger partial charge in [-0.2, -0.15) is 0 Å². The van der Waals surface area contributed by atoms with Crippen molar-refractivity contribution in [3.8, 4) is 0 Å². The van der Waals surface area contributed by atoms with E-state index in [2.05, 4.69) is 6.58 Å². The van der Waals surface area contributed by atoms with Crippen molar-refractivity contribution in [1.82, 2.24) is 0 Å². The number of carbonyl (C=O) groups excluding carboxylic acids is 1. The molecule has 17 heavy (non-hydrogen) atoms. The lowest BCUT2D eigenvalue weighted by atomic mass is 10.1. The van der Waals surface area contributed by atoms with Gasteiger partial charge in [0.15, 0.2) is 0 Å². The predicted molar refractivity (Wildman–Crippen MR) is 67.3 cm³/mol. The molecule has 1 aromatic rings. The number of ether oxygens (including phenoxy) is 1. The Balaban J connectivity index is 2.60. The third kappa shape index (κ3) is 4.25. The maximum Gasteiger partial charge on any atom is 0.336 e. The number of carbonyl (C=O) groups is 1. The highest BCUT2D eigenvalue weighted by Crippen LogP contribution is 2.07. The van der Waals surface area contributed by atoms with Crippen LogP contribution in [0.5, 0.6) is 0 Å². The molecule has 0 radical (unpaired) electrons. The van der Waals surface area contributed by atoms with Crippen LogP contribution in [0.1, 0.15) is 12.5 Å². The van der Waals surface area contributed by atoms with Crippen LogP contribution in [0.4, 0.5) is 0 Å². The molecule has 0 bridgehead atoms. The molecule has 0 amide bonds. The lowest BCUT2D eigenvalue weighted by Crippen LogP contribution is -2.17. The van der Waals surface area contributed by atoms with Crippen molar-refractivity contribution in [1.29, 1.82) is 0 Å². The molecule has 1 atom stereocenters. The third-order valence-electron chi connectivity index (χ3n) is 2.17. The van der Waals surface area contributed by atoms with Gasteiger partial charge in [0.1, 0.15) is 6.10 Å². The van der Waals surface area contributed by atoms with E-state index in [4.69, 9.17) is 4.74 Å². The zero-order valence-corrected chi connectivity index (χ0v) is 9.80. The molecule has 0 fully saturated rings. The standard InChI is InChI=1S/C14H16O3/c1-3-17-14(16)11(2)13(15)10-9-12-7-5-4-6-8-12/h4-10,13,15H,2-3H2,1H3/b10-9+/t13-/m0/s1. The molecule has 0 saturated carbocycles. The van der Waals surface area contributed by atoms with Crippen LogP contribution in [0, 0.1) is 0 Å². The Hall–Kier alpha value is -1.87. The van der Waals surface area contributed by atoms with Crippen molar-refractivity contribution in [2.75, 3.05) is 6.61 Å². The van der Waals surface area contributed by atoms with Gasteiger partial charge in [0.25, 0.3) is 0 Å². The molecule has 0 aliphatic heterocycles. The van der Waals surface area contributed by atoms with Gasteiger partial charge in [-0.15, -0.1) is 0 Å². The maximum absolute atomic E-state index is 11.3. The Morgan fingerprint density at radius 1 is 1.47 bits per heavy atom. The van der Waals surface area contributed by atoms with Gasteiger partial charge in [0.05, 0.1) is 12.2 Å². The molecule has 1 aromatic carbocycles. The molecular formula is C14H16O3. The molecule has 0 saturated heterocycles. The first-order valence-electron chi connectivity index (χ1n) is 5.42. The Labute approximate surface area is 101 Å². The lowest BCUT2D eigenvalue weighted by molar-refractivity contribution is -0.139. The molecule has 0 aliphatic rings. The summed E-state index contributed by atoms with van der Waals surface area (Å²) in [6.45, 7) is 5.49. The SMILES string of the molecule is C=C(C(=O)OCC)[C@@H](O)/C=C/c1ccccc1. The van der Waals surface area contributed by atoms with Gasteiger partial charge in [0.2, 0.25) is 0 Å². The minimum absolute atomic E-state index is 0.0408. The second-order valence-electron chi connectivity index (χ2n) is 3.46. The van der Waals surface area contributed by atoms with E-state index < -0.39 is 12.1 Å². The fourth-order valence-corrected chi connectivity index (χ4v) is 1.23. The molecule has 1 N–H and O–H groups in total. The molecule has 0 aromatic heterocycles. The molecule has 0 heterocycles. The molecule has 0 spiro atoms. The van der Waals surface area contributed by atoms with Gasteiger partial charge in [0, 0.05) is 0 Å². The lowest BCUT2D eigenvalue weighted by Gasteiger charge is -2.08. The highest BCUT2D eigenvalue weighted by atomic mass is 16.5. The highest BCUT2D eigenvalue weighted by molar-refractivity contribution is 5.89. The molecule has 0 unspecified atom stereocenters. The summed E-state index contributed by atoms with van der Waals surface area (Å²) >= 11 is 0. The first-order valence-corrected chi connectivity index (χ1v) is 5.42. The van der Waals surface area contributed by atoms with E-state index in [-0.39, 0.29) is 12.2 Å². The van der Waals surface area contributed by atoms with Crippen LogP contribution in [0.25, 0.3) is 6.08 Å². The number of aliphatic hydroxyl groups is 1. The predicted octanol–water partition coefficient (Wildman–Crippen LogP) is 2.18. The van der Waals surface area contributed by atoms with Gasteiger partial charge in [-0.1, -0.05) is 49.1 Å². The van der Waals surface area contributed by atoms with Crippen LogP contribution in [0.3, 0.4) is 0 Å². The maximum atomic E-state index is 11.3. The van der Waals surface area contributed by atoms with Gasteiger partial charge < -0.3 is 9.84 Å². The normalized spacial score (nSPS) is 12.4. The smallest absolute Gasteiger partial charge is 0.336 e. The first kappa shape index (κ1) is 13.2. The summed E-state index contributed by atoms with van der Waals surface area (Å²) in [6.07, 6.45) is 2.22. The Bertz CT molecular complexity index is 407. The number of hydrogen-bond donors (Lipinski definition) is 1. The molecule has 0 aliphatic carbocycles. The summed E-state index contributed by atoms with van der Waals surface area (Å²) in [4.78, 5) is 11.3. The average Bonchev–Trinajstić information content (AvgIpc) is 2.36. The van der Waals surface area contributed by atoms with Crippen molar-refractivity contribution in [2.24, 2.45) is 0 Å². The Morgan fingerprint density at radius 3 is 2.71 bits per heavy atom. The van der Waals surface area contributed by atoms with Crippen LogP contribution in [0.2, 0.25) is 0 Å². The quantitative estimate of drug-likeness (QED) is 0.625. The highest BCUT2D eigenvalue weighted by Gasteiger charge is 2.14. The average molecular weight is 232 g/mol. The van der Waals surface area contributed by atoms with Crippen LogP contribution >= 0.6 is 0 Å². The second-order valence-corrected chi connectivity index (χ2v) is 3.46. The molecular weight excluding hydrogens is 216 g/mol. The number of esters is 1. The summed E-state index contributed by atoms with van der Waals surface area (Å²) in [5.74, 6) is -0.572. The number of rotatable bonds is 5. The fraction of sp³-hybridized carbons (Fsp3) is 0.214. The molecule has 1 rings (SSSR count). The van der Waals surface area contributed by atoms with Gasteiger partial charge in [-0.3, -0.25) is 0 Å². The summed E-state index contributed by atoms with van der Waals surface area (Å²) in [5, 5.41) is 9.69. The summed E-state index contributed by atoms with van der Waals surface area (Å²) in [6, 6.07) is 9.50. The first-order chi connectivity index (χ1) is 8.15. The number of benzene rings is 1. The van der Waals surface area contributed by atoms with Crippen molar-refractivity contribution >= 4 is 12.0 Å². The Kier molecular flexibility index (Phi) is 5.17. The van der Waals surface area contributed by atoms with E-state index in [1.165, 1.54) is 6.08 Å². The van der Waals surface area contributed by atoms with E-state index in [0.717, 1.165) is 5.56 Å². The molecule has 90 valence electrons. The van der Waals surface area contributed by atoms with E-state index in [9.17, 15) is 9.90 Å². The minimum atomic E-state index is -1.02. The Morgan fingerprint density at radius 2 is 2.12 bits per heavy atom. The van der Waals surface area contributed by atoms with E-state index >= 15 is 0 Å². The van der Waals surface area contributed by atoms with Crippen LogP contribution in [-0.2, 0) is 9.53 Å². The zero-order chi connectivity index (χ0) is 12.7. The monoisotopic (exact) mass is 232 g/mol. The third-order valence-corrected chi connectivity index (χ3v) is 2.17. The van der Waals surface area contributed by atoms with Gasteiger partial charge in [-0.25, -0.2) is 4.79 Å². The van der Waals surface area contributed by atoms with Crippen molar-refractivity contribution < 1.29 is 14.6 Å². The van der Waals surface area contributed by atoms with E-state index in [0.29, 0.717) is 0 Å². The van der Waals surface area contributed by atoms with E-state index in [1.807, 2.05) is 30.3 Å². The number of hydrogen-bond acceptors (Lipinski definition) is 3.